The van der Waals surface area contributed by atoms with Gasteiger partial charge in [0, 0.05) is 19.6 Å². The lowest BCUT2D eigenvalue weighted by molar-refractivity contribution is -0.138. The van der Waals surface area contributed by atoms with Gasteiger partial charge in [0.25, 0.3) is 0 Å². The van der Waals surface area contributed by atoms with E-state index in [0.717, 1.165) is 23.5 Å². The Labute approximate surface area is 137 Å². The number of methoxy groups -OCH3 is 1. The van der Waals surface area contributed by atoms with Crippen molar-refractivity contribution in [3.05, 3.63) is 29.3 Å². The molecule has 1 N–H and O–H groups in total. The maximum absolute atomic E-state index is 13.2. The third-order valence-electron chi connectivity index (χ3n) is 3.93. The fraction of sp³-hybridized carbons (Fsp3) is 0.500. The van der Waals surface area contributed by atoms with Gasteiger partial charge in [0.15, 0.2) is 0 Å². The number of benzene rings is 1. The van der Waals surface area contributed by atoms with Gasteiger partial charge in [-0.25, -0.2) is 13.2 Å². The van der Waals surface area contributed by atoms with Crippen molar-refractivity contribution in [2.24, 2.45) is 0 Å². The van der Waals surface area contributed by atoms with Gasteiger partial charge in [0.2, 0.25) is 10.0 Å². The highest BCUT2D eigenvalue weighted by molar-refractivity contribution is 7.89. The maximum atomic E-state index is 13.2. The number of hydrogen-bond donors (Lipinski definition) is 1. The molecule has 0 aliphatic carbocycles. The van der Waals surface area contributed by atoms with Gasteiger partial charge in [-0.15, -0.1) is 0 Å². The number of ether oxygens (including phenoxy) is 1. The Hall–Kier alpha value is -1.65. The van der Waals surface area contributed by atoms with Crippen LogP contribution in [0.3, 0.4) is 0 Å². The third-order valence-corrected chi connectivity index (χ3v) is 5.83. The van der Waals surface area contributed by atoms with E-state index >= 15 is 0 Å². The molecule has 0 radical (unpaired) electrons. The van der Waals surface area contributed by atoms with Crippen molar-refractivity contribution >= 4 is 16.0 Å². The highest BCUT2D eigenvalue weighted by Gasteiger charge is 2.38. The van der Waals surface area contributed by atoms with Gasteiger partial charge in [-0.1, -0.05) is 0 Å². The number of sulfonamides is 1. The second-order valence-electron chi connectivity index (χ2n) is 5.36. The highest BCUT2D eigenvalue weighted by Crippen LogP contribution is 2.34. The second-order valence-corrected chi connectivity index (χ2v) is 7.36. The van der Waals surface area contributed by atoms with E-state index in [1.165, 1.54) is 7.05 Å². The number of carbonyl (C=O) groups is 1. The molecule has 1 fully saturated rings. The minimum Gasteiger partial charge on any atom is -0.465 e. The molecule has 2 rings (SSSR count). The average molecular weight is 366 g/mol. The zero-order valence-electron chi connectivity index (χ0n) is 13.1. The van der Waals surface area contributed by atoms with Crippen molar-refractivity contribution < 1.29 is 31.1 Å². The van der Waals surface area contributed by atoms with Crippen LogP contribution in [0.25, 0.3) is 0 Å². The van der Waals surface area contributed by atoms with Crippen molar-refractivity contribution in [3.63, 3.8) is 0 Å². The number of rotatable bonds is 4. The molecule has 6 nitrogen and oxygen atoms in total. The maximum Gasteiger partial charge on any atom is 0.417 e. The molecule has 1 atom stereocenters. The molecular formula is C14H17F3N2O4S. The lowest BCUT2D eigenvalue weighted by atomic mass is 10.1. The van der Waals surface area contributed by atoms with E-state index in [1.807, 2.05) is 0 Å². The molecule has 10 heteroatoms. The van der Waals surface area contributed by atoms with Crippen LogP contribution >= 0.6 is 0 Å². The van der Waals surface area contributed by atoms with Gasteiger partial charge in [0.05, 0.1) is 23.1 Å². The molecule has 1 aliphatic rings. The summed E-state index contributed by atoms with van der Waals surface area (Å²) in [7, 11) is -1.83. The summed E-state index contributed by atoms with van der Waals surface area (Å²) in [6.45, 7) is 1.07. The third kappa shape index (κ3) is 3.55. The Morgan fingerprint density at radius 1 is 1.38 bits per heavy atom. The number of hydrogen-bond acceptors (Lipinski definition) is 5. The standard InChI is InChI=1S/C14H17F3N2O4S/c1-19(9-5-6-18-8-9)24(21,22)10-3-4-11(13(20)23-2)12(7-10)14(15,16)17/h3-4,7,9,18H,5-6,8H2,1-2H3. The summed E-state index contributed by atoms with van der Waals surface area (Å²) in [4.78, 5) is 11.0. The summed E-state index contributed by atoms with van der Waals surface area (Å²) >= 11 is 0. The zero-order valence-corrected chi connectivity index (χ0v) is 13.9. The van der Waals surface area contributed by atoms with Crippen LogP contribution in [0.15, 0.2) is 23.1 Å². The number of nitrogens with zero attached hydrogens (tertiary/aromatic N) is 1. The molecule has 24 heavy (non-hydrogen) atoms. The number of alkyl halides is 3. The average Bonchev–Trinajstić information content (AvgIpc) is 3.06. The molecule has 1 aromatic rings. The zero-order chi connectivity index (χ0) is 18.1. The first kappa shape index (κ1) is 18.7. The molecule has 0 amide bonds. The Morgan fingerprint density at radius 3 is 2.54 bits per heavy atom. The second kappa shape index (κ2) is 6.69. The van der Waals surface area contributed by atoms with Gasteiger partial charge < -0.3 is 10.1 Å². The van der Waals surface area contributed by atoms with Gasteiger partial charge in [0.1, 0.15) is 0 Å². The lowest BCUT2D eigenvalue weighted by Gasteiger charge is -2.24. The quantitative estimate of drug-likeness (QED) is 0.817. The number of likely N-dealkylation sites (N-methyl/N-ethyl adjacent to an activating group) is 1. The minimum absolute atomic E-state index is 0.329. The molecule has 0 spiro atoms. The Morgan fingerprint density at radius 2 is 2.04 bits per heavy atom. The van der Waals surface area contributed by atoms with Gasteiger partial charge in [-0.3, -0.25) is 0 Å². The first-order valence-corrected chi connectivity index (χ1v) is 8.51. The normalized spacial score (nSPS) is 18.8. The molecule has 1 saturated heterocycles. The predicted octanol–water partition coefficient (Wildman–Crippen LogP) is 1.47. The molecule has 134 valence electrons. The number of nitrogens with one attached hydrogen (secondary N) is 1. The highest BCUT2D eigenvalue weighted by atomic mass is 32.2. The van der Waals surface area contributed by atoms with E-state index < -0.39 is 38.2 Å². The van der Waals surface area contributed by atoms with E-state index in [9.17, 15) is 26.4 Å². The van der Waals surface area contributed by atoms with Crippen molar-refractivity contribution in [2.75, 3.05) is 27.2 Å². The van der Waals surface area contributed by atoms with E-state index in [0.29, 0.717) is 25.6 Å². The SMILES string of the molecule is COC(=O)c1ccc(S(=O)(=O)N(C)C2CCNC2)cc1C(F)(F)F. The van der Waals surface area contributed by atoms with Crippen molar-refractivity contribution in [3.8, 4) is 0 Å². The first-order valence-electron chi connectivity index (χ1n) is 7.07. The number of esters is 1. The van der Waals surface area contributed by atoms with Crippen molar-refractivity contribution in [2.45, 2.75) is 23.5 Å². The fourth-order valence-corrected chi connectivity index (χ4v) is 3.93. The lowest BCUT2D eigenvalue weighted by Crippen LogP contribution is -2.38. The van der Waals surface area contributed by atoms with Crippen LogP contribution in [0, 0.1) is 0 Å². The Kier molecular flexibility index (Phi) is 5.21. The smallest absolute Gasteiger partial charge is 0.417 e. The van der Waals surface area contributed by atoms with Crippen LogP contribution in [0.1, 0.15) is 22.3 Å². The van der Waals surface area contributed by atoms with E-state index in [1.54, 1.807) is 0 Å². The number of carbonyl (C=O) groups excluding carboxylic acids is 1. The summed E-state index contributed by atoms with van der Waals surface area (Å²) in [6.07, 6.45) is -4.31. The minimum atomic E-state index is -4.89. The fourth-order valence-electron chi connectivity index (χ4n) is 2.52. The van der Waals surface area contributed by atoms with Crippen LogP contribution in [0.5, 0.6) is 0 Å². The summed E-state index contributed by atoms with van der Waals surface area (Å²) in [6, 6.07) is 1.95. The monoisotopic (exact) mass is 366 g/mol. The van der Waals surface area contributed by atoms with Crippen LogP contribution in [0.2, 0.25) is 0 Å². The molecule has 1 heterocycles. The van der Waals surface area contributed by atoms with E-state index in [2.05, 4.69) is 10.1 Å². The molecular weight excluding hydrogens is 349 g/mol. The van der Waals surface area contributed by atoms with Crippen LogP contribution in [-0.4, -0.2) is 52.0 Å². The molecule has 0 saturated carbocycles. The summed E-state index contributed by atoms with van der Waals surface area (Å²) in [5, 5.41) is 3.00. The first-order chi connectivity index (χ1) is 11.1. The van der Waals surface area contributed by atoms with Crippen LogP contribution in [-0.2, 0) is 20.9 Å². The molecule has 1 aliphatic heterocycles. The summed E-state index contributed by atoms with van der Waals surface area (Å²) in [5.41, 5.74) is -2.07. The van der Waals surface area contributed by atoms with Gasteiger partial charge >= 0.3 is 12.1 Å². The molecule has 1 unspecified atom stereocenters. The van der Waals surface area contributed by atoms with Crippen molar-refractivity contribution in [1.82, 2.24) is 9.62 Å². The summed E-state index contributed by atoms with van der Waals surface area (Å²) < 4.78 is 70.1. The van der Waals surface area contributed by atoms with Gasteiger partial charge in [-0.2, -0.15) is 17.5 Å². The van der Waals surface area contributed by atoms with E-state index in [-0.39, 0.29) is 6.04 Å². The molecule has 0 bridgehead atoms. The topological polar surface area (TPSA) is 75.7 Å². The van der Waals surface area contributed by atoms with Crippen LogP contribution in [0.4, 0.5) is 13.2 Å². The Bertz CT molecular complexity index is 728. The summed E-state index contributed by atoms with van der Waals surface area (Å²) in [5.74, 6) is -1.18. The number of halogens is 3. The van der Waals surface area contributed by atoms with Gasteiger partial charge in [-0.05, 0) is 31.2 Å². The Balaban J connectivity index is 2.49. The predicted molar refractivity (Wildman–Crippen MR) is 79.0 cm³/mol. The largest absolute Gasteiger partial charge is 0.465 e. The van der Waals surface area contributed by atoms with Crippen LogP contribution < -0.4 is 5.32 Å². The molecule has 1 aromatic carbocycles. The molecule has 0 aromatic heterocycles. The van der Waals surface area contributed by atoms with Crippen molar-refractivity contribution in [1.29, 1.82) is 0 Å². The van der Waals surface area contributed by atoms with E-state index in [4.69, 9.17) is 0 Å².